The largest absolute Gasteiger partial charge is 0.426 e. The second-order valence-electron chi connectivity index (χ2n) is 16.2. The number of benzene rings is 5. The first-order valence-electron chi connectivity index (χ1n) is 21.0. The van der Waals surface area contributed by atoms with Crippen LogP contribution in [0.3, 0.4) is 0 Å². The molecule has 2 N–H and O–H groups in total. The minimum atomic E-state index is -0.406. The zero-order valence-corrected chi connectivity index (χ0v) is 35.0. The lowest BCUT2D eigenvalue weighted by Gasteiger charge is -2.12. The van der Waals surface area contributed by atoms with Gasteiger partial charge in [-0.2, -0.15) is 0 Å². The number of rotatable bonds is 7. The number of ether oxygens (including phenoxy) is 1. The van der Waals surface area contributed by atoms with E-state index in [4.69, 9.17) is 14.7 Å². The molecule has 8 bridgehead atoms. The van der Waals surface area contributed by atoms with Crippen LogP contribution < -0.4 is 4.74 Å². The number of aromatic amines is 2. The molecule has 2 aliphatic rings. The van der Waals surface area contributed by atoms with Gasteiger partial charge in [0, 0.05) is 44.3 Å². The fraction of sp³-hybridized carbons (Fsp3) is 0.0893. The molecule has 6 heteroatoms. The summed E-state index contributed by atoms with van der Waals surface area (Å²) in [4.78, 5) is 31.8. The van der Waals surface area contributed by atoms with Crippen molar-refractivity contribution in [3.63, 3.8) is 0 Å². The van der Waals surface area contributed by atoms with Gasteiger partial charge in [0.2, 0.25) is 0 Å². The summed E-state index contributed by atoms with van der Waals surface area (Å²) in [7, 11) is 0. The maximum absolute atomic E-state index is 13.2. The number of carbonyl (C=O) groups is 1. The smallest absolute Gasteiger partial charge is 0.318 e. The summed E-state index contributed by atoms with van der Waals surface area (Å²) in [6.45, 7) is 8.19. The van der Waals surface area contributed by atoms with E-state index in [1.807, 2.05) is 61.5 Å². The molecule has 5 heterocycles. The Bertz CT molecular complexity index is 3180. The number of fused-ring (bicyclic) bond motifs is 8. The van der Waals surface area contributed by atoms with Crippen LogP contribution in [0.25, 0.3) is 90.9 Å². The van der Waals surface area contributed by atoms with Crippen molar-refractivity contribution in [3.8, 4) is 50.3 Å². The average Bonchev–Trinajstić information content (AvgIpc) is 4.14. The van der Waals surface area contributed by atoms with Crippen LogP contribution in [-0.4, -0.2) is 25.9 Å². The third-order valence-electron chi connectivity index (χ3n) is 11.8. The molecule has 300 valence electrons. The number of hydrogen-bond donors (Lipinski definition) is 2. The Morgan fingerprint density at radius 1 is 0.435 bits per heavy atom. The van der Waals surface area contributed by atoms with E-state index in [9.17, 15) is 4.79 Å². The number of esters is 1. The number of nitrogens with one attached hydrogen (secondary N) is 2. The van der Waals surface area contributed by atoms with Gasteiger partial charge in [0.1, 0.15) is 5.75 Å². The maximum Gasteiger partial charge on any atom is 0.318 e. The first kappa shape index (κ1) is 38.4. The molecule has 0 fully saturated rings. The topological polar surface area (TPSA) is 83.7 Å². The highest BCUT2D eigenvalue weighted by atomic mass is 16.5. The van der Waals surface area contributed by atoms with Crippen molar-refractivity contribution < 1.29 is 9.53 Å². The lowest BCUT2D eigenvalue weighted by molar-refractivity contribution is -0.135. The number of carbonyl (C=O) groups excluding carboxylic acids is 1. The molecule has 8 aromatic rings. The number of aromatic nitrogens is 4. The normalized spacial score (nSPS) is 12.4. The monoisotopic (exact) mass is 804 g/mol. The van der Waals surface area contributed by atoms with Crippen LogP contribution in [0.15, 0.2) is 152 Å². The van der Waals surface area contributed by atoms with E-state index in [1.165, 1.54) is 16.7 Å². The van der Waals surface area contributed by atoms with Gasteiger partial charge in [-0.05, 0) is 116 Å². The Morgan fingerprint density at radius 2 is 0.758 bits per heavy atom. The zero-order chi connectivity index (χ0) is 42.3. The predicted octanol–water partition coefficient (Wildman–Crippen LogP) is 14.0. The fourth-order valence-electron chi connectivity index (χ4n) is 8.35. The molecule has 0 saturated carbocycles. The number of H-pyrrole nitrogens is 2. The van der Waals surface area contributed by atoms with E-state index in [2.05, 4.69) is 152 Å². The van der Waals surface area contributed by atoms with Crippen LogP contribution in [0.4, 0.5) is 0 Å². The molecule has 0 aliphatic carbocycles. The van der Waals surface area contributed by atoms with E-state index in [0.717, 1.165) is 94.9 Å². The van der Waals surface area contributed by atoms with Gasteiger partial charge in [-0.1, -0.05) is 132 Å². The van der Waals surface area contributed by atoms with Gasteiger partial charge in [0.05, 0.1) is 28.7 Å². The third-order valence-corrected chi connectivity index (χ3v) is 11.8. The molecule has 0 spiro atoms. The maximum atomic E-state index is 13.2. The summed E-state index contributed by atoms with van der Waals surface area (Å²) in [5.74, 6) is -0.237. The van der Waals surface area contributed by atoms with Crippen molar-refractivity contribution in [2.45, 2.75) is 33.6 Å². The Kier molecular flexibility index (Phi) is 9.89. The molecule has 0 saturated heterocycles. The minimum Gasteiger partial charge on any atom is -0.426 e. The first-order chi connectivity index (χ1) is 30.3. The number of hydrogen-bond acceptors (Lipinski definition) is 4. The Morgan fingerprint density at radius 3 is 1.10 bits per heavy atom. The molecule has 1 atom stereocenters. The highest BCUT2D eigenvalue weighted by Gasteiger charge is 2.21. The van der Waals surface area contributed by atoms with Crippen molar-refractivity contribution in [2.75, 3.05) is 0 Å². The van der Waals surface area contributed by atoms with E-state index >= 15 is 0 Å². The fourth-order valence-corrected chi connectivity index (χ4v) is 8.35. The van der Waals surface area contributed by atoms with Crippen molar-refractivity contribution >= 4 is 52.3 Å². The summed E-state index contributed by atoms with van der Waals surface area (Å²) >= 11 is 0. The second kappa shape index (κ2) is 16.0. The van der Waals surface area contributed by atoms with Gasteiger partial charge in [0.15, 0.2) is 0 Å². The molecule has 0 radical (unpaired) electrons. The van der Waals surface area contributed by atoms with Crippen molar-refractivity contribution in [1.82, 2.24) is 19.9 Å². The molecule has 5 aromatic carbocycles. The molecule has 2 aliphatic heterocycles. The van der Waals surface area contributed by atoms with Crippen LogP contribution in [0.2, 0.25) is 0 Å². The predicted molar refractivity (Wildman–Crippen MR) is 255 cm³/mol. The minimum absolute atomic E-state index is 0.309. The average molecular weight is 805 g/mol. The summed E-state index contributed by atoms with van der Waals surface area (Å²) in [6.07, 6.45) is 8.45. The Balaban J connectivity index is 1.24. The Hall–Kier alpha value is -7.83. The molecule has 10 rings (SSSR count). The SMILES string of the molecule is Cc1ccc(-c2c3nc(c(-c4ccc(C)cc4)c4ccc([nH]4)c(-c4ccc(OC(=O)[C@@H](C)c5ccccc5)cc4)c4nc(c(-c5ccc(C)cc5)c5ccc2[nH]5)C=C4)C=C3)cc1. The Labute approximate surface area is 361 Å². The van der Waals surface area contributed by atoms with Gasteiger partial charge < -0.3 is 14.7 Å². The van der Waals surface area contributed by atoms with Crippen molar-refractivity contribution in [1.29, 1.82) is 0 Å². The number of aryl methyl sites for hydroxylation is 3. The molecular weight excluding hydrogens is 761 g/mol. The third kappa shape index (κ3) is 7.37. The lowest BCUT2D eigenvalue weighted by atomic mass is 10.0. The van der Waals surface area contributed by atoms with Crippen molar-refractivity contribution in [3.05, 3.63) is 197 Å². The van der Waals surface area contributed by atoms with Gasteiger partial charge in [-0.25, -0.2) is 9.97 Å². The number of nitrogens with zero attached hydrogens (tertiary/aromatic N) is 2. The van der Waals surface area contributed by atoms with E-state index in [0.29, 0.717) is 5.75 Å². The standard InChI is InChI=1S/C56H44N4O2/c1-34-10-16-39(17-11-34)52-44-26-28-46(57-44)53(40-18-12-35(2)13-19-40)48-30-32-50(59-48)55(42-22-24-43(25-23-42)62-56(61)37(4)38-8-6-5-7-9-38)51-33-31-49(60-51)54(47-29-27-45(52)58-47)41-20-14-36(3)15-21-41/h5-33,37,57,60H,1-4H3/t37-/m0/s1. The van der Waals surface area contributed by atoms with E-state index < -0.39 is 5.92 Å². The molecule has 0 amide bonds. The summed E-state index contributed by atoms with van der Waals surface area (Å²) in [6, 6.07) is 51.8. The van der Waals surface area contributed by atoms with Crippen LogP contribution in [0.1, 0.15) is 57.9 Å². The van der Waals surface area contributed by atoms with Crippen LogP contribution in [0.5, 0.6) is 5.75 Å². The molecule has 62 heavy (non-hydrogen) atoms. The quantitative estimate of drug-likeness (QED) is 0.124. The van der Waals surface area contributed by atoms with Gasteiger partial charge in [0.25, 0.3) is 0 Å². The van der Waals surface area contributed by atoms with Gasteiger partial charge in [-0.15, -0.1) is 0 Å². The zero-order valence-electron chi connectivity index (χ0n) is 35.0. The summed E-state index contributed by atoms with van der Waals surface area (Å²) in [5.41, 5.74) is 19.6. The molecule has 0 unspecified atom stereocenters. The van der Waals surface area contributed by atoms with E-state index in [1.54, 1.807) is 0 Å². The van der Waals surface area contributed by atoms with Gasteiger partial charge in [-0.3, -0.25) is 4.79 Å². The highest BCUT2D eigenvalue weighted by Crippen LogP contribution is 2.39. The molecule has 6 nitrogen and oxygen atoms in total. The van der Waals surface area contributed by atoms with Crippen molar-refractivity contribution in [2.24, 2.45) is 0 Å². The summed E-state index contributed by atoms with van der Waals surface area (Å²) < 4.78 is 5.91. The molecule has 3 aromatic heterocycles. The first-order valence-corrected chi connectivity index (χ1v) is 21.0. The van der Waals surface area contributed by atoms with E-state index in [-0.39, 0.29) is 5.97 Å². The van der Waals surface area contributed by atoms with Crippen LogP contribution >= 0.6 is 0 Å². The molecular formula is C56H44N4O2. The van der Waals surface area contributed by atoms with Crippen LogP contribution in [0, 0.1) is 20.8 Å². The van der Waals surface area contributed by atoms with Crippen LogP contribution in [-0.2, 0) is 4.79 Å². The van der Waals surface area contributed by atoms with Gasteiger partial charge >= 0.3 is 5.97 Å². The lowest BCUT2D eigenvalue weighted by Crippen LogP contribution is -2.16. The summed E-state index contributed by atoms with van der Waals surface area (Å²) in [5, 5.41) is 0. The highest BCUT2D eigenvalue weighted by molar-refractivity contribution is 6.00. The second-order valence-corrected chi connectivity index (χ2v) is 16.2.